The van der Waals surface area contributed by atoms with Gasteiger partial charge in [0.05, 0.1) is 5.92 Å². The number of ether oxygens (including phenoxy) is 2. The Kier molecular flexibility index (Phi) is 5.51. The van der Waals surface area contributed by atoms with E-state index in [0.29, 0.717) is 5.75 Å². The molecule has 134 valence electrons. The van der Waals surface area contributed by atoms with Gasteiger partial charge in [0.1, 0.15) is 18.1 Å². The van der Waals surface area contributed by atoms with Crippen molar-refractivity contribution in [2.45, 2.75) is 20.5 Å². The summed E-state index contributed by atoms with van der Waals surface area (Å²) >= 11 is 5.51. The highest BCUT2D eigenvalue weighted by Gasteiger charge is 2.61. The summed E-state index contributed by atoms with van der Waals surface area (Å²) in [6.45, 7) is 4.31. The van der Waals surface area contributed by atoms with E-state index in [1.165, 1.54) is 5.54 Å². The fourth-order valence-corrected chi connectivity index (χ4v) is 3.22. The molecule has 0 N–H and O–H groups in total. The summed E-state index contributed by atoms with van der Waals surface area (Å²) in [5.41, 5.74) is 4.94. The molecule has 1 aliphatic rings. The van der Waals surface area contributed by atoms with E-state index in [2.05, 4.69) is 5.73 Å². The van der Waals surface area contributed by atoms with Crippen molar-refractivity contribution in [1.29, 1.82) is 0 Å². The highest BCUT2D eigenvalue weighted by atomic mass is 35.5. The predicted molar refractivity (Wildman–Crippen MR) is 102 cm³/mol. The third-order valence-electron chi connectivity index (χ3n) is 4.76. The normalized spacial score (nSPS) is 19.8. The van der Waals surface area contributed by atoms with Crippen molar-refractivity contribution in [3.05, 3.63) is 77.5 Å². The number of allylic oxidation sites excluding steroid dienone is 1. The van der Waals surface area contributed by atoms with Crippen LogP contribution in [0.4, 0.5) is 0 Å². The Bertz CT molecular complexity index is 835. The number of carbonyl (C=O) groups is 1. The lowest BCUT2D eigenvalue weighted by atomic mass is 10.1. The zero-order valence-corrected chi connectivity index (χ0v) is 15.6. The summed E-state index contributed by atoms with van der Waals surface area (Å²) in [7, 11) is 0. The Balaban J connectivity index is 1.59. The molecule has 4 heteroatoms. The van der Waals surface area contributed by atoms with E-state index in [1.807, 2.05) is 74.5 Å². The van der Waals surface area contributed by atoms with Crippen molar-refractivity contribution in [2.75, 3.05) is 0 Å². The van der Waals surface area contributed by atoms with Crippen LogP contribution >= 0.6 is 11.6 Å². The summed E-state index contributed by atoms with van der Waals surface area (Å²) in [5.74, 6) is 1.24. The van der Waals surface area contributed by atoms with Crippen LogP contribution in [-0.2, 0) is 16.1 Å². The Hall–Kier alpha value is -2.48. The zero-order valence-electron chi connectivity index (χ0n) is 14.8. The summed E-state index contributed by atoms with van der Waals surface area (Å²) < 4.78 is 11.3. The Labute approximate surface area is 158 Å². The van der Waals surface area contributed by atoms with Gasteiger partial charge in [0, 0.05) is 11.5 Å². The van der Waals surface area contributed by atoms with Gasteiger partial charge in [-0.1, -0.05) is 55.8 Å². The average molecular weight is 369 g/mol. The van der Waals surface area contributed by atoms with E-state index in [9.17, 15) is 4.79 Å². The van der Waals surface area contributed by atoms with Crippen LogP contribution in [0.3, 0.4) is 0 Å². The molecule has 0 bridgehead atoms. The fraction of sp³-hybridized carbons (Fsp3) is 0.273. The van der Waals surface area contributed by atoms with Crippen molar-refractivity contribution < 1.29 is 14.3 Å². The number of esters is 1. The smallest absolute Gasteiger partial charge is 0.310 e. The van der Waals surface area contributed by atoms with E-state index in [-0.39, 0.29) is 29.8 Å². The minimum absolute atomic E-state index is 0.109. The fourth-order valence-electron chi connectivity index (χ4n) is 3.15. The molecule has 1 saturated carbocycles. The van der Waals surface area contributed by atoms with Gasteiger partial charge in [0.25, 0.3) is 0 Å². The van der Waals surface area contributed by atoms with Gasteiger partial charge in [-0.2, -0.15) is 0 Å². The molecule has 2 atom stereocenters. The van der Waals surface area contributed by atoms with Crippen LogP contribution < -0.4 is 4.74 Å². The second kappa shape index (κ2) is 7.82. The summed E-state index contributed by atoms with van der Waals surface area (Å²) in [4.78, 5) is 12.4. The van der Waals surface area contributed by atoms with Gasteiger partial charge in [-0.15, -0.1) is 5.73 Å². The largest absolute Gasteiger partial charge is 0.461 e. The number of para-hydroxylation sites is 1. The lowest BCUT2D eigenvalue weighted by Gasteiger charge is -2.09. The molecule has 1 fully saturated rings. The molecule has 2 aromatic rings. The second-order valence-corrected chi connectivity index (χ2v) is 7.16. The molecular formula is C22H21ClO3. The molecular weight excluding hydrogens is 348 g/mol. The first-order valence-corrected chi connectivity index (χ1v) is 8.96. The second-order valence-electron chi connectivity index (χ2n) is 6.94. The monoisotopic (exact) mass is 368 g/mol. The minimum atomic E-state index is -0.193. The molecule has 0 spiro atoms. The lowest BCUT2D eigenvalue weighted by Crippen LogP contribution is -2.10. The number of halogens is 1. The van der Waals surface area contributed by atoms with Crippen LogP contribution in [0, 0.1) is 17.3 Å². The molecule has 3 rings (SSSR count). The number of hydrogen-bond donors (Lipinski definition) is 0. The van der Waals surface area contributed by atoms with Crippen molar-refractivity contribution in [3.8, 4) is 11.5 Å². The molecule has 0 saturated heterocycles. The molecule has 0 amide bonds. The van der Waals surface area contributed by atoms with E-state index in [4.69, 9.17) is 21.1 Å². The Morgan fingerprint density at radius 3 is 2.62 bits per heavy atom. The van der Waals surface area contributed by atoms with Crippen LogP contribution in [0.1, 0.15) is 19.4 Å². The van der Waals surface area contributed by atoms with E-state index < -0.39 is 0 Å². The average Bonchev–Trinajstić information content (AvgIpc) is 3.19. The van der Waals surface area contributed by atoms with Gasteiger partial charge in [0.15, 0.2) is 0 Å². The quantitative estimate of drug-likeness (QED) is 0.484. The van der Waals surface area contributed by atoms with Crippen LogP contribution in [0.25, 0.3) is 0 Å². The van der Waals surface area contributed by atoms with Crippen molar-refractivity contribution >= 4 is 17.6 Å². The predicted octanol–water partition coefficient (Wildman–Crippen LogP) is 5.70. The molecule has 0 aliphatic heterocycles. The summed E-state index contributed by atoms with van der Waals surface area (Å²) in [6.07, 6.45) is 1.84. The van der Waals surface area contributed by atoms with Gasteiger partial charge >= 0.3 is 5.97 Å². The molecule has 0 aromatic heterocycles. The van der Waals surface area contributed by atoms with Gasteiger partial charge in [-0.3, -0.25) is 4.79 Å². The van der Waals surface area contributed by atoms with Gasteiger partial charge in [-0.05, 0) is 41.3 Å². The maximum absolute atomic E-state index is 12.4. The highest BCUT2D eigenvalue weighted by molar-refractivity contribution is 6.25. The first kappa shape index (κ1) is 18.3. The molecule has 0 heterocycles. The van der Waals surface area contributed by atoms with E-state index in [1.54, 1.807) is 0 Å². The highest BCUT2D eigenvalue weighted by Crippen LogP contribution is 2.59. The summed E-state index contributed by atoms with van der Waals surface area (Å²) in [5, 5.41) is 0. The van der Waals surface area contributed by atoms with Gasteiger partial charge < -0.3 is 9.47 Å². The number of benzene rings is 2. The Morgan fingerprint density at radius 1 is 1.15 bits per heavy atom. The first-order chi connectivity index (χ1) is 12.5. The SMILES string of the molecule is CC1(C)[C@H](C=C=CCl)[C@H]1C(=O)OCc1cccc(Oc2ccccc2)c1. The van der Waals surface area contributed by atoms with Crippen molar-refractivity contribution in [1.82, 2.24) is 0 Å². The summed E-state index contributed by atoms with van der Waals surface area (Å²) in [6, 6.07) is 17.1. The van der Waals surface area contributed by atoms with Gasteiger partial charge in [0.2, 0.25) is 0 Å². The Morgan fingerprint density at radius 2 is 1.88 bits per heavy atom. The third-order valence-corrected chi connectivity index (χ3v) is 4.89. The first-order valence-electron chi connectivity index (χ1n) is 8.52. The van der Waals surface area contributed by atoms with E-state index >= 15 is 0 Å². The van der Waals surface area contributed by atoms with Crippen LogP contribution in [0.15, 0.2) is 71.9 Å². The number of rotatable bonds is 6. The topological polar surface area (TPSA) is 35.5 Å². The molecule has 0 radical (unpaired) electrons. The van der Waals surface area contributed by atoms with Crippen LogP contribution in [-0.4, -0.2) is 5.97 Å². The molecule has 3 nitrogen and oxygen atoms in total. The number of carbonyl (C=O) groups excluding carboxylic acids is 1. The zero-order chi connectivity index (χ0) is 18.6. The maximum Gasteiger partial charge on any atom is 0.310 e. The van der Waals surface area contributed by atoms with E-state index in [0.717, 1.165) is 11.3 Å². The van der Waals surface area contributed by atoms with Gasteiger partial charge in [-0.25, -0.2) is 0 Å². The number of hydrogen-bond acceptors (Lipinski definition) is 3. The van der Waals surface area contributed by atoms with Crippen LogP contribution in [0.2, 0.25) is 0 Å². The molecule has 2 aromatic carbocycles. The standard InChI is InChI=1S/C22H21ClO3/c1-22(2)19(12-7-13-23)20(22)21(24)25-15-16-8-6-11-18(14-16)26-17-9-4-3-5-10-17/h3-6,8-14,19-20H,15H2,1-2H3/t7?,19-,20+/m1/s1. The third kappa shape index (κ3) is 4.19. The maximum atomic E-state index is 12.4. The van der Waals surface area contributed by atoms with Crippen molar-refractivity contribution in [2.24, 2.45) is 17.3 Å². The molecule has 26 heavy (non-hydrogen) atoms. The molecule has 0 unspecified atom stereocenters. The lowest BCUT2D eigenvalue weighted by molar-refractivity contribution is -0.147. The van der Waals surface area contributed by atoms with Crippen molar-refractivity contribution in [3.63, 3.8) is 0 Å². The van der Waals surface area contributed by atoms with Crippen LogP contribution in [0.5, 0.6) is 11.5 Å². The minimum Gasteiger partial charge on any atom is -0.461 e. The molecule has 1 aliphatic carbocycles.